The average Bonchev–Trinajstić information content (AvgIpc) is 1.21. The molecule has 9 heavy (non-hydrogen) atoms. The van der Waals surface area contributed by atoms with Gasteiger partial charge in [0.15, 0.2) is 0 Å². The van der Waals surface area contributed by atoms with Gasteiger partial charge in [-0.15, -0.1) is 0 Å². The van der Waals surface area contributed by atoms with Gasteiger partial charge in [0.25, 0.3) is 0 Å². The summed E-state index contributed by atoms with van der Waals surface area (Å²) < 4.78 is 0. The van der Waals surface area contributed by atoms with Crippen LogP contribution < -0.4 is 29.6 Å². The molecule has 52 valence electrons. The van der Waals surface area contributed by atoms with E-state index in [2.05, 4.69) is 0 Å². The van der Waals surface area contributed by atoms with Crippen LogP contribution in [0.3, 0.4) is 0 Å². The molecule has 0 heterocycles. The number of hydrogen-bond acceptors (Lipinski definition) is 2. The van der Waals surface area contributed by atoms with Gasteiger partial charge in [-0.1, -0.05) is 0 Å². The third-order valence-corrected chi connectivity index (χ3v) is 0.795. The summed E-state index contributed by atoms with van der Waals surface area (Å²) in [7, 11) is 0. The monoisotopic (exact) mass is 142 g/mol. The first-order chi connectivity index (χ1) is 3.42. The van der Waals surface area contributed by atoms with Gasteiger partial charge in [0.05, 0.1) is 11.7 Å². The van der Waals surface area contributed by atoms with Crippen LogP contribution in [0.5, 0.6) is 0 Å². The van der Waals surface area contributed by atoms with E-state index in [9.17, 15) is 0 Å². The Balaban J connectivity index is -0.000000245. The van der Waals surface area contributed by atoms with Crippen molar-refractivity contribution in [2.24, 2.45) is 0 Å². The van der Waals surface area contributed by atoms with Crippen molar-refractivity contribution in [2.75, 3.05) is 0 Å². The molecule has 0 radical (unpaired) electrons. The smallest absolute Gasteiger partial charge is 1.00 e. The molecule has 0 spiro atoms. The van der Waals surface area contributed by atoms with Gasteiger partial charge in [-0.2, -0.15) is 0 Å². The maximum atomic E-state index is 9.03. The predicted octanol–water partition coefficient (Wildman–Crippen LogP) is -2.36. The number of aliphatic hydroxyl groups is 2. The topological polar surface area (TPSA) is 40.5 Å². The molecule has 0 saturated carbocycles. The summed E-state index contributed by atoms with van der Waals surface area (Å²) in [6, 6.07) is 0. The largest absolute Gasteiger partial charge is 1.00 e. The molecule has 0 amide bonds. The van der Waals surface area contributed by atoms with Gasteiger partial charge >= 0.3 is 29.6 Å². The molecule has 0 saturated heterocycles. The summed E-state index contributed by atoms with van der Waals surface area (Å²) in [6.07, 6.45) is 0.0301. The van der Waals surface area contributed by atoms with E-state index in [4.69, 9.17) is 10.2 Å². The van der Waals surface area contributed by atoms with Crippen molar-refractivity contribution in [3.8, 4) is 0 Å². The molecule has 2 nitrogen and oxygen atoms in total. The SMILES string of the molecule is CC(O)CC(C)(C)O.[H-].[Na+]. The van der Waals surface area contributed by atoms with Gasteiger partial charge in [-0.3, -0.25) is 0 Å². The second kappa shape index (κ2) is 4.69. The van der Waals surface area contributed by atoms with Crippen molar-refractivity contribution >= 4 is 0 Å². The maximum Gasteiger partial charge on any atom is 1.00 e. The molecule has 0 aromatic carbocycles. The Kier molecular flexibility index (Phi) is 6.56. The minimum absolute atomic E-state index is 0. The summed E-state index contributed by atoms with van der Waals surface area (Å²) in [5, 5.41) is 17.8. The molecule has 0 aromatic heterocycles. The molecule has 0 aliphatic heterocycles. The Bertz CT molecular complexity index is 70.6. The number of rotatable bonds is 2. The standard InChI is InChI=1S/C6H14O2.Na.H/c1-5(7)4-6(2,3)8;;/h5,7-8H,4H2,1-3H3;;/q;+1;-1. The van der Waals surface area contributed by atoms with Crippen LogP contribution in [0.1, 0.15) is 28.6 Å². The molecule has 1 atom stereocenters. The Hall–Kier alpha value is 0.920. The Morgan fingerprint density at radius 3 is 1.89 bits per heavy atom. The second-order valence-corrected chi connectivity index (χ2v) is 2.87. The fourth-order valence-corrected chi connectivity index (χ4v) is 0.723. The van der Waals surface area contributed by atoms with Crippen molar-refractivity contribution in [3.05, 3.63) is 0 Å². The zero-order chi connectivity index (χ0) is 6.78. The summed E-state index contributed by atoms with van der Waals surface area (Å²) in [5.74, 6) is 0. The van der Waals surface area contributed by atoms with Crippen LogP contribution in [0.25, 0.3) is 0 Å². The Labute approximate surface area is 80.1 Å². The summed E-state index contributed by atoms with van der Waals surface area (Å²) in [6.45, 7) is 5.03. The molecule has 1 unspecified atom stereocenters. The minimum Gasteiger partial charge on any atom is -1.00 e. The van der Waals surface area contributed by atoms with Crippen molar-refractivity contribution in [3.63, 3.8) is 0 Å². The Morgan fingerprint density at radius 1 is 1.56 bits per heavy atom. The van der Waals surface area contributed by atoms with Crippen LogP contribution in [0.4, 0.5) is 0 Å². The first-order valence-corrected chi connectivity index (χ1v) is 2.82. The van der Waals surface area contributed by atoms with Crippen LogP contribution in [-0.4, -0.2) is 21.9 Å². The van der Waals surface area contributed by atoms with Gasteiger partial charge in [0, 0.05) is 6.42 Å². The molecule has 0 aliphatic rings. The Morgan fingerprint density at radius 2 is 1.89 bits per heavy atom. The molecule has 0 aromatic rings. The summed E-state index contributed by atoms with van der Waals surface area (Å²) in [5.41, 5.74) is -0.728. The van der Waals surface area contributed by atoms with Gasteiger partial charge in [-0.05, 0) is 20.8 Å². The number of hydrogen-bond donors (Lipinski definition) is 2. The molecule has 0 fully saturated rings. The van der Waals surface area contributed by atoms with Crippen molar-refractivity contribution in [2.45, 2.75) is 38.9 Å². The van der Waals surface area contributed by atoms with E-state index in [1.54, 1.807) is 20.8 Å². The first kappa shape index (κ1) is 12.6. The van der Waals surface area contributed by atoms with E-state index in [1.807, 2.05) is 0 Å². The fourth-order valence-electron chi connectivity index (χ4n) is 0.723. The fraction of sp³-hybridized carbons (Fsp3) is 1.00. The quantitative estimate of drug-likeness (QED) is 0.424. The van der Waals surface area contributed by atoms with E-state index < -0.39 is 11.7 Å². The van der Waals surface area contributed by atoms with E-state index in [1.165, 1.54) is 0 Å². The molecule has 0 rings (SSSR count). The van der Waals surface area contributed by atoms with Gasteiger partial charge < -0.3 is 11.6 Å². The number of aliphatic hydroxyl groups excluding tert-OH is 1. The molecular weight excluding hydrogens is 127 g/mol. The van der Waals surface area contributed by atoms with Crippen LogP contribution >= 0.6 is 0 Å². The summed E-state index contributed by atoms with van der Waals surface area (Å²) >= 11 is 0. The normalized spacial score (nSPS) is 14.3. The van der Waals surface area contributed by atoms with Gasteiger partial charge in [0.2, 0.25) is 0 Å². The predicted molar refractivity (Wildman–Crippen MR) is 33.7 cm³/mol. The van der Waals surface area contributed by atoms with E-state index in [0.29, 0.717) is 6.42 Å². The summed E-state index contributed by atoms with van der Waals surface area (Å²) in [4.78, 5) is 0. The van der Waals surface area contributed by atoms with Crippen LogP contribution in [0.15, 0.2) is 0 Å². The van der Waals surface area contributed by atoms with Crippen LogP contribution in [0, 0.1) is 0 Å². The van der Waals surface area contributed by atoms with Gasteiger partial charge in [-0.25, -0.2) is 0 Å². The zero-order valence-electron chi connectivity index (χ0n) is 7.68. The molecular formula is C6H15NaO2. The van der Waals surface area contributed by atoms with E-state index in [0.717, 1.165) is 0 Å². The van der Waals surface area contributed by atoms with Crippen molar-refractivity contribution < 1.29 is 41.2 Å². The third kappa shape index (κ3) is 12.2. The van der Waals surface area contributed by atoms with Crippen LogP contribution in [0.2, 0.25) is 0 Å². The molecule has 3 heteroatoms. The van der Waals surface area contributed by atoms with Crippen molar-refractivity contribution in [1.29, 1.82) is 0 Å². The van der Waals surface area contributed by atoms with E-state index in [-0.39, 0.29) is 31.0 Å². The maximum absolute atomic E-state index is 9.03. The van der Waals surface area contributed by atoms with Crippen molar-refractivity contribution in [1.82, 2.24) is 0 Å². The molecule has 0 aliphatic carbocycles. The second-order valence-electron chi connectivity index (χ2n) is 2.87. The molecule has 0 bridgehead atoms. The zero-order valence-corrected chi connectivity index (χ0v) is 8.68. The van der Waals surface area contributed by atoms with Gasteiger partial charge in [0.1, 0.15) is 0 Å². The third-order valence-electron chi connectivity index (χ3n) is 0.795. The minimum atomic E-state index is -0.728. The van der Waals surface area contributed by atoms with E-state index >= 15 is 0 Å². The average molecular weight is 142 g/mol. The first-order valence-electron chi connectivity index (χ1n) is 2.82. The molecule has 2 N–H and O–H groups in total. The van der Waals surface area contributed by atoms with Crippen LogP contribution in [-0.2, 0) is 0 Å².